The summed E-state index contributed by atoms with van der Waals surface area (Å²) < 4.78 is 4.36. The Kier molecular flexibility index (Phi) is 3.79. The van der Waals surface area contributed by atoms with Crippen molar-refractivity contribution in [2.75, 3.05) is 5.75 Å². The number of para-hydroxylation sites is 4. The predicted molar refractivity (Wildman–Crippen MR) is 97.2 cm³/mol. The van der Waals surface area contributed by atoms with Crippen LogP contribution in [-0.2, 0) is 13.6 Å². The molecule has 6 heteroatoms. The number of benzene rings is 2. The standard InChI is InChI=1S/C17H16N4S2/c1-20-14-8-4-5-9-15(14)21(17(20)22)10-11-23-16-18-12-6-2-3-7-13(12)19-16/h2-9H,10-11H2,1H3,(H,18,19)/p+1. The SMILES string of the molecule is C[n+]1c(S)n(CCSc2nc3ccccc3[nH]2)c2ccccc21. The molecule has 0 spiro atoms. The zero-order valence-electron chi connectivity index (χ0n) is 12.7. The third-order valence-corrected chi connectivity index (χ3v) is 5.39. The van der Waals surface area contributed by atoms with Crippen molar-refractivity contribution in [2.45, 2.75) is 16.9 Å². The van der Waals surface area contributed by atoms with Gasteiger partial charge in [0.15, 0.2) is 16.2 Å². The smallest absolute Gasteiger partial charge is 0.315 e. The quantitative estimate of drug-likeness (QED) is 0.339. The van der Waals surface area contributed by atoms with E-state index in [2.05, 4.69) is 62.1 Å². The number of thioether (sulfide) groups is 1. The highest BCUT2D eigenvalue weighted by molar-refractivity contribution is 7.99. The van der Waals surface area contributed by atoms with Gasteiger partial charge >= 0.3 is 5.16 Å². The molecular weight excluding hydrogens is 324 g/mol. The van der Waals surface area contributed by atoms with Crippen molar-refractivity contribution >= 4 is 46.5 Å². The fourth-order valence-electron chi connectivity index (χ4n) is 2.82. The molecule has 4 rings (SSSR count). The second kappa shape index (κ2) is 5.94. The van der Waals surface area contributed by atoms with Gasteiger partial charge in [-0.3, -0.25) is 0 Å². The molecule has 0 atom stereocenters. The summed E-state index contributed by atoms with van der Waals surface area (Å²) in [6.07, 6.45) is 0. The van der Waals surface area contributed by atoms with Crippen LogP contribution < -0.4 is 4.57 Å². The Morgan fingerprint density at radius 3 is 2.83 bits per heavy atom. The third-order valence-electron chi connectivity index (χ3n) is 4.00. The Bertz CT molecular complexity index is 954. The molecular formula is C17H17N4S2+. The Labute approximate surface area is 144 Å². The Morgan fingerprint density at radius 1 is 1.17 bits per heavy atom. The monoisotopic (exact) mass is 341 g/mol. The van der Waals surface area contributed by atoms with Gasteiger partial charge in [-0.15, -0.1) is 0 Å². The van der Waals surface area contributed by atoms with Crippen LogP contribution >= 0.6 is 24.4 Å². The first-order valence-electron chi connectivity index (χ1n) is 7.48. The van der Waals surface area contributed by atoms with Crippen molar-refractivity contribution in [1.29, 1.82) is 0 Å². The van der Waals surface area contributed by atoms with Crippen molar-refractivity contribution < 1.29 is 4.57 Å². The van der Waals surface area contributed by atoms with Gasteiger partial charge < -0.3 is 4.98 Å². The molecule has 2 aromatic heterocycles. The van der Waals surface area contributed by atoms with Gasteiger partial charge in [0.05, 0.1) is 18.1 Å². The van der Waals surface area contributed by atoms with E-state index >= 15 is 0 Å². The van der Waals surface area contributed by atoms with E-state index in [1.54, 1.807) is 11.8 Å². The number of rotatable bonds is 4. The second-order valence-corrected chi connectivity index (χ2v) is 6.89. The fourth-order valence-corrected chi connectivity index (χ4v) is 3.95. The number of aryl methyl sites for hydroxylation is 2. The van der Waals surface area contributed by atoms with Crippen molar-refractivity contribution in [3.8, 4) is 0 Å². The largest absolute Gasteiger partial charge is 0.333 e. The van der Waals surface area contributed by atoms with Crippen molar-refractivity contribution in [2.24, 2.45) is 7.05 Å². The number of aromatic nitrogens is 4. The lowest BCUT2D eigenvalue weighted by Gasteiger charge is -1.99. The van der Waals surface area contributed by atoms with E-state index in [9.17, 15) is 0 Å². The molecule has 0 aliphatic heterocycles. The lowest BCUT2D eigenvalue weighted by atomic mass is 10.3. The summed E-state index contributed by atoms with van der Waals surface area (Å²) >= 11 is 6.40. The van der Waals surface area contributed by atoms with E-state index in [1.807, 2.05) is 25.2 Å². The van der Waals surface area contributed by atoms with Crippen LogP contribution in [0.5, 0.6) is 0 Å². The number of thiol groups is 1. The number of H-pyrrole nitrogens is 1. The lowest BCUT2D eigenvalue weighted by molar-refractivity contribution is -0.685. The first-order valence-corrected chi connectivity index (χ1v) is 8.91. The molecule has 0 unspecified atom stereocenters. The first kappa shape index (κ1) is 14.7. The van der Waals surface area contributed by atoms with Gasteiger partial charge in [-0.2, -0.15) is 0 Å². The summed E-state index contributed by atoms with van der Waals surface area (Å²) in [5, 5.41) is 1.93. The minimum atomic E-state index is 0.891. The van der Waals surface area contributed by atoms with E-state index in [1.165, 1.54) is 11.0 Å². The number of imidazole rings is 2. The molecule has 0 aliphatic carbocycles. The van der Waals surface area contributed by atoms with E-state index in [0.717, 1.165) is 33.6 Å². The van der Waals surface area contributed by atoms with Gasteiger partial charge in [0.2, 0.25) is 0 Å². The summed E-state index contributed by atoms with van der Waals surface area (Å²) in [6.45, 7) is 0.891. The summed E-state index contributed by atoms with van der Waals surface area (Å²) in [7, 11) is 2.05. The molecule has 0 saturated carbocycles. The minimum absolute atomic E-state index is 0.891. The maximum Gasteiger partial charge on any atom is 0.315 e. The van der Waals surface area contributed by atoms with Gasteiger partial charge in [-0.05, 0) is 24.3 Å². The molecule has 0 bridgehead atoms. The number of fused-ring (bicyclic) bond motifs is 2. The normalized spacial score (nSPS) is 11.6. The van der Waals surface area contributed by atoms with Crippen molar-refractivity contribution in [3.63, 3.8) is 0 Å². The molecule has 1 N–H and O–H groups in total. The highest BCUT2D eigenvalue weighted by atomic mass is 32.2. The van der Waals surface area contributed by atoms with Gasteiger partial charge in [-0.25, -0.2) is 14.1 Å². The Balaban J connectivity index is 1.54. The average Bonchev–Trinajstić information content (AvgIpc) is 3.09. The van der Waals surface area contributed by atoms with E-state index < -0.39 is 0 Å². The molecule has 4 nitrogen and oxygen atoms in total. The number of hydrogen-bond donors (Lipinski definition) is 2. The number of nitrogens with one attached hydrogen (secondary N) is 1. The molecule has 0 saturated heterocycles. The second-order valence-electron chi connectivity index (χ2n) is 5.41. The molecule has 2 aromatic carbocycles. The zero-order valence-corrected chi connectivity index (χ0v) is 14.4. The van der Waals surface area contributed by atoms with Crippen LogP contribution in [-0.4, -0.2) is 20.3 Å². The average molecular weight is 341 g/mol. The van der Waals surface area contributed by atoms with Crippen LogP contribution in [0.3, 0.4) is 0 Å². The highest BCUT2D eigenvalue weighted by Crippen LogP contribution is 2.21. The van der Waals surface area contributed by atoms with Crippen molar-refractivity contribution in [3.05, 3.63) is 48.5 Å². The highest BCUT2D eigenvalue weighted by Gasteiger charge is 2.19. The molecule has 4 aromatic rings. The molecule has 0 amide bonds. The van der Waals surface area contributed by atoms with Crippen molar-refractivity contribution in [1.82, 2.24) is 14.5 Å². The summed E-state index contributed by atoms with van der Waals surface area (Å²) in [4.78, 5) is 7.96. The minimum Gasteiger partial charge on any atom is -0.333 e. The van der Waals surface area contributed by atoms with Crippen LogP contribution in [0.4, 0.5) is 0 Å². The number of hydrogen-bond acceptors (Lipinski definition) is 3. The Hall–Kier alpha value is -1.92. The van der Waals surface area contributed by atoms with Gasteiger partial charge in [0.25, 0.3) is 0 Å². The number of nitrogens with zero attached hydrogens (tertiary/aromatic N) is 3. The first-order chi connectivity index (χ1) is 11.2. The topological polar surface area (TPSA) is 37.5 Å². The maximum absolute atomic E-state index is 4.66. The number of aromatic amines is 1. The van der Waals surface area contributed by atoms with Crippen LogP contribution in [0.25, 0.3) is 22.1 Å². The summed E-state index contributed by atoms with van der Waals surface area (Å²) in [5.74, 6) is 0.937. The fraction of sp³-hybridized carbons (Fsp3) is 0.176. The maximum atomic E-state index is 4.66. The molecule has 2 heterocycles. The van der Waals surface area contributed by atoms with Gasteiger partial charge in [-0.1, -0.05) is 48.7 Å². The molecule has 23 heavy (non-hydrogen) atoms. The lowest BCUT2D eigenvalue weighted by Crippen LogP contribution is -2.29. The van der Waals surface area contributed by atoms with Gasteiger partial charge in [0.1, 0.15) is 6.54 Å². The molecule has 0 radical (unpaired) electrons. The third kappa shape index (κ3) is 2.62. The van der Waals surface area contributed by atoms with E-state index in [4.69, 9.17) is 0 Å². The van der Waals surface area contributed by atoms with Crippen LogP contribution in [0, 0.1) is 0 Å². The van der Waals surface area contributed by atoms with E-state index in [0.29, 0.717) is 0 Å². The molecule has 0 aliphatic rings. The van der Waals surface area contributed by atoms with Crippen LogP contribution in [0.2, 0.25) is 0 Å². The Morgan fingerprint density at radius 2 is 1.96 bits per heavy atom. The van der Waals surface area contributed by atoms with Crippen LogP contribution in [0.1, 0.15) is 0 Å². The summed E-state index contributed by atoms with van der Waals surface area (Å²) in [5.41, 5.74) is 4.52. The van der Waals surface area contributed by atoms with Crippen LogP contribution in [0.15, 0.2) is 58.8 Å². The molecule has 0 fully saturated rings. The predicted octanol–water partition coefficient (Wildman–Crippen LogP) is 3.42. The zero-order chi connectivity index (χ0) is 15.8. The summed E-state index contributed by atoms with van der Waals surface area (Å²) in [6, 6.07) is 16.5. The molecule has 116 valence electrons. The van der Waals surface area contributed by atoms with Gasteiger partial charge in [0, 0.05) is 5.75 Å². The van der Waals surface area contributed by atoms with E-state index in [-0.39, 0.29) is 0 Å².